The van der Waals surface area contributed by atoms with E-state index in [1.54, 1.807) is 0 Å². The third-order valence-corrected chi connectivity index (χ3v) is 3.71. The SMILES string of the molecule is CCC=C(C)Nc1nc(N[C@@H](C)CC)nc(-c2cccc(C(F)(F)F)n2)n1. The van der Waals surface area contributed by atoms with Crippen molar-refractivity contribution in [3.63, 3.8) is 0 Å². The van der Waals surface area contributed by atoms with Crippen molar-refractivity contribution >= 4 is 11.9 Å². The molecule has 6 nitrogen and oxygen atoms in total. The molecule has 0 fully saturated rings. The average Bonchev–Trinajstić information content (AvgIpc) is 2.61. The minimum Gasteiger partial charge on any atom is -0.352 e. The fraction of sp³-hybridized carbons (Fsp3) is 0.444. The second-order valence-corrected chi connectivity index (χ2v) is 6.09. The van der Waals surface area contributed by atoms with Gasteiger partial charge in [0.05, 0.1) is 0 Å². The number of aromatic nitrogens is 4. The first-order valence-corrected chi connectivity index (χ1v) is 8.74. The Bertz CT molecular complexity index is 804. The Kier molecular flexibility index (Phi) is 6.70. The lowest BCUT2D eigenvalue weighted by atomic mass is 10.2. The van der Waals surface area contributed by atoms with E-state index in [-0.39, 0.29) is 29.5 Å². The van der Waals surface area contributed by atoms with Crippen molar-refractivity contribution < 1.29 is 13.2 Å². The number of nitrogens with one attached hydrogen (secondary N) is 2. The van der Waals surface area contributed by atoms with E-state index in [0.29, 0.717) is 0 Å². The summed E-state index contributed by atoms with van der Waals surface area (Å²) in [5.41, 5.74) is -0.130. The van der Waals surface area contributed by atoms with Gasteiger partial charge in [0.1, 0.15) is 11.4 Å². The average molecular weight is 380 g/mol. The molecule has 0 unspecified atom stereocenters. The first-order valence-electron chi connectivity index (χ1n) is 8.74. The number of hydrogen-bond acceptors (Lipinski definition) is 6. The Labute approximate surface area is 156 Å². The molecule has 2 aromatic heterocycles. The minimum absolute atomic E-state index is 0.0274. The predicted molar refractivity (Wildman–Crippen MR) is 99.1 cm³/mol. The second-order valence-electron chi connectivity index (χ2n) is 6.09. The topological polar surface area (TPSA) is 75.6 Å². The molecular weight excluding hydrogens is 357 g/mol. The fourth-order valence-electron chi connectivity index (χ4n) is 2.18. The molecule has 0 saturated carbocycles. The highest BCUT2D eigenvalue weighted by molar-refractivity contribution is 5.54. The number of nitrogens with zero attached hydrogens (tertiary/aromatic N) is 4. The maximum Gasteiger partial charge on any atom is 0.433 e. The quantitative estimate of drug-likeness (QED) is 0.712. The molecule has 2 rings (SSSR count). The molecule has 1 atom stereocenters. The largest absolute Gasteiger partial charge is 0.433 e. The standard InChI is InChI=1S/C18H23F3N6/c1-5-8-12(4)23-17-26-15(25-16(27-17)22-11(3)6-2)13-9-7-10-14(24-13)18(19,20)21/h7-11H,5-6H2,1-4H3,(H2,22,23,25,26,27)/t11-/m0/s1. The van der Waals surface area contributed by atoms with E-state index in [4.69, 9.17) is 0 Å². The Morgan fingerprint density at radius 2 is 1.81 bits per heavy atom. The maximum absolute atomic E-state index is 13.0. The number of rotatable bonds is 7. The minimum atomic E-state index is -4.54. The highest BCUT2D eigenvalue weighted by atomic mass is 19.4. The molecule has 27 heavy (non-hydrogen) atoms. The molecule has 0 aromatic carbocycles. The summed E-state index contributed by atoms with van der Waals surface area (Å²) in [5, 5.41) is 6.16. The molecule has 0 radical (unpaired) electrons. The van der Waals surface area contributed by atoms with Crippen LogP contribution in [0.3, 0.4) is 0 Å². The van der Waals surface area contributed by atoms with Crippen LogP contribution in [0.25, 0.3) is 11.5 Å². The van der Waals surface area contributed by atoms with Crippen molar-refractivity contribution in [3.05, 3.63) is 35.7 Å². The zero-order valence-corrected chi connectivity index (χ0v) is 15.7. The molecule has 9 heteroatoms. The smallest absolute Gasteiger partial charge is 0.352 e. The molecule has 0 aliphatic heterocycles. The zero-order valence-electron chi connectivity index (χ0n) is 15.7. The van der Waals surface area contributed by atoms with Crippen LogP contribution in [0.1, 0.15) is 46.2 Å². The highest BCUT2D eigenvalue weighted by Crippen LogP contribution is 2.29. The second kappa shape index (κ2) is 8.79. The Hall–Kier alpha value is -2.71. The summed E-state index contributed by atoms with van der Waals surface area (Å²) < 4.78 is 38.9. The summed E-state index contributed by atoms with van der Waals surface area (Å²) in [5.74, 6) is 0.585. The summed E-state index contributed by atoms with van der Waals surface area (Å²) in [6.45, 7) is 7.81. The number of allylic oxidation sites excluding steroid dienone is 2. The van der Waals surface area contributed by atoms with Crippen molar-refractivity contribution in [2.24, 2.45) is 0 Å². The zero-order chi connectivity index (χ0) is 20.0. The van der Waals surface area contributed by atoms with Gasteiger partial charge in [0.25, 0.3) is 0 Å². The van der Waals surface area contributed by atoms with E-state index in [1.807, 2.05) is 33.8 Å². The highest BCUT2D eigenvalue weighted by Gasteiger charge is 2.32. The number of alkyl halides is 3. The number of anilines is 2. The molecule has 0 aliphatic rings. The lowest BCUT2D eigenvalue weighted by Gasteiger charge is -2.14. The Balaban J connectivity index is 2.48. The molecular formula is C18H23F3N6. The van der Waals surface area contributed by atoms with Crippen molar-refractivity contribution in [1.29, 1.82) is 0 Å². The molecule has 0 saturated heterocycles. The first-order chi connectivity index (χ1) is 12.7. The molecule has 2 N–H and O–H groups in total. The van der Waals surface area contributed by atoms with E-state index in [9.17, 15) is 13.2 Å². The van der Waals surface area contributed by atoms with E-state index in [0.717, 1.165) is 24.6 Å². The number of pyridine rings is 1. The third-order valence-electron chi connectivity index (χ3n) is 3.71. The van der Waals surface area contributed by atoms with Crippen LogP contribution in [0, 0.1) is 0 Å². The Morgan fingerprint density at radius 3 is 2.44 bits per heavy atom. The molecule has 2 heterocycles. The molecule has 0 amide bonds. The first kappa shape index (κ1) is 20.6. The van der Waals surface area contributed by atoms with Gasteiger partial charge in [0.2, 0.25) is 11.9 Å². The summed E-state index contributed by atoms with van der Waals surface area (Å²) in [6, 6.07) is 3.73. The van der Waals surface area contributed by atoms with Gasteiger partial charge in [0, 0.05) is 11.7 Å². The van der Waals surface area contributed by atoms with Gasteiger partial charge in [-0.25, -0.2) is 4.98 Å². The van der Waals surface area contributed by atoms with E-state index in [2.05, 4.69) is 30.6 Å². The normalized spacial score (nSPS) is 13.4. The van der Waals surface area contributed by atoms with Gasteiger partial charge in [-0.3, -0.25) is 0 Å². The Morgan fingerprint density at radius 1 is 1.11 bits per heavy atom. The molecule has 2 aromatic rings. The molecule has 0 spiro atoms. The van der Waals surface area contributed by atoms with Crippen LogP contribution in [-0.4, -0.2) is 26.0 Å². The summed E-state index contributed by atoms with van der Waals surface area (Å²) in [7, 11) is 0. The van der Waals surface area contributed by atoms with Gasteiger partial charge in [-0.2, -0.15) is 28.1 Å². The molecule has 0 aliphatic carbocycles. The van der Waals surface area contributed by atoms with Gasteiger partial charge < -0.3 is 10.6 Å². The monoisotopic (exact) mass is 380 g/mol. The fourth-order valence-corrected chi connectivity index (χ4v) is 2.18. The number of hydrogen-bond donors (Lipinski definition) is 2. The van der Waals surface area contributed by atoms with Crippen molar-refractivity contribution in [2.45, 2.75) is 52.8 Å². The van der Waals surface area contributed by atoms with Gasteiger partial charge in [-0.15, -0.1) is 0 Å². The van der Waals surface area contributed by atoms with Crippen molar-refractivity contribution in [3.8, 4) is 11.5 Å². The third kappa shape index (κ3) is 5.90. The van der Waals surface area contributed by atoms with E-state index in [1.165, 1.54) is 12.1 Å². The maximum atomic E-state index is 13.0. The van der Waals surface area contributed by atoms with E-state index < -0.39 is 11.9 Å². The van der Waals surface area contributed by atoms with Crippen molar-refractivity contribution in [1.82, 2.24) is 19.9 Å². The van der Waals surface area contributed by atoms with E-state index >= 15 is 0 Å². The van der Waals surface area contributed by atoms with Crippen LogP contribution >= 0.6 is 0 Å². The summed E-state index contributed by atoms with van der Waals surface area (Å²) >= 11 is 0. The summed E-state index contributed by atoms with van der Waals surface area (Å²) in [4.78, 5) is 16.5. The van der Waals surface area contributed by atoms with Gasteiger partial charge in [0.15, 0.2) is 5.82 Å². The lowest BCUT2D eigenvalue weighted by molar-refractivity contribution is -0.141. The van der Waals surface area contributed by atoms with Gasteiger partial charge in [-0.05, 0) is 38.8 Å². The van der Waals surface area contributed by atoms with Crippen LogP contribution < -0.4 is 10.6 Å². The molecule has 146 valence electrons. The van der Waals surface area contributed by atoms with Crippen LogP contribution in [0.4, 0.5) is 25.1 Å². The number of halogens is 3. The van der Waals surface area contributed by atoms with Gasteiger partial charge in [-0.1, -0.05) is 26.0 Å². The van der Waals surface area contributed by atoms with Crippen LogP contribution in [-0.2, 0) is 6.18 Å². The lowest BCUT2D eigenvalue weighted by Crippen LogP contribution is -2.17. The van der Waals surface area contributed by atoms with Crippen LogP contribution in [0.2, 0.25) is 0 Å². The van der Waals surface area contributed by atoms with Crippen molar-refractivity contribution in [2.75, 3.05) is 10.6 Å². The molecule has 0 bridgehead atoms. The van der Waals surface area contributed by atoms with Crippen LogP contribution in [0.15, 0.2) is 30.0 Å². The van der Waals surface area contributed by atoms with Gasteiger partial charge >= 0.3 is 6.18 Å². The summed E-state index contributed by atoms with van der Waals surface area (Å²) in [6.07, 6.45) is -0.930. The van der Waals surface area contributed by atoms with Crippen LogP contribution in [0.5, 0.6) is 0 Å². The predicted octanol–water partition coefficient (Wildman–Crippen LogP) is 4.89.